The molecule has 0 saturated heterocycles. The van der Waals surface area contributed by atoms with E-state index in [1.165, 1.54) is 0 Å². The molecule has 1 N–H and O–H groups in total. The minimum atomic E-state index is -1.35. The van der Waals surface area contributed by atoms with Crippen molar-refractivity contribution in [2.75, 3.05) is 13.2 Å². The third-order valence-electron chi connectivity index (χ3n) is 1.47. The zero-order valence-corrected chi connectivity index (χ0v) is 8.30. The summed E-state index contributed by atoms with van der Waals surface area (Å²) in [5.41, 5.74) is 0. The van der Waals surface area contributed by atoms with Crippen LogP contribution in [0.5, 0.6) is 0 Å². The number of aliphatic hydroxyl groups is 1. The molecule has 0 heterocycles. The summed E-state index contributed by atoms with van der Waals surface area (Å²) in [7, 11) is 0. The fourth-order valence-corrected chi connectivity index (χ4v) is 0.989. The Morgan fingerprint density at radius 3 is 2.17 bits per heavy atom. The van der Waals surface area contributed by atoms with Gasteiger partial charge in [0.05, 0.1) is 6.61 Å². The standard InChI is InChI=1S/C9H20O3/c1-4-7-9(10,11-6-3)12-8-5-2/h10H,4-8H2,1-3H3. The van der Waals surface area contributed by atoms with Crippen LogP contribution in [0.25, 0.3) is 0 Å². The van der Waals surface area contributed by atoms with E-state index in [0.29, 0.717) is 19.6 Å². The molecule has 0 aliphatic rings. The minimum Gasteiger partial charge on any atom is -0.343 e. The average molecular weight is 176 g/mol. The highest BCUT2D eigenvalue weighted by Crippen LogP contribution is 2.16. The van der Waals surface area contributed by atoms with Crippen molar-refractivity contribution in [1.29, 1.82) is 0 Å². The highest BCUT2D eigenvalue weighted by Gasteiger charge is 2.26. The maximum Gasteiger partial charge on any atom is 0.280 e. The minimum absolute atomic E-state index is 0.472. The van der Waals surface area contributed by atoms with E-state index in [9.17, 15) is 5.11 Å². The molecule has 0 rings (SSSR count). The molecular formula is C9H20O3. The van der Waals surface area contributed by atoms with Crippen LogP contribution in [0.2, 0.25) is 0 Å². The summed E-state index contributed by atoms with van der Waals surface area (Å²) >= 11 is 0. The molecule has 0 saturated carbocycles. The highest BCUT2D eigenvalue weighted by atomic mass is 16.8. The first-order chi connectivity index (χ1) is 5.68. The molecule has 0 amide bonds. The first-order valence-electron chi connectivity index (χ1n) is 4.68. The number of rotatable bonds is 7. The van der Waals surface area contributed by atoms with Crippen LogP contribution in [0, 0.1) is 0 Å². The molecule has 1 atom stereocenters. The predicted molar refractivity (Wildman–Crippen MR) is 47.7 cm³/mol. The Morgan fingerprint density at radius 2 is 1.75 bits per heavy atom. The van der Waals surface area contributed by atoms with Crippen LogP contribution < -0.4 is 0 Å². The zero-order chi connectivity index (χ0) is 9.45. The lowest BCUT2D eigenvalue weighted by Gasteiger charge is -2.26. The van der Waals surface area contributed by atoms with E-state index in [2.05, 4.69) is 0 Å². The lowest BCUT2D eigenvalue weighted by molar-refractivity contribution is -0.361. The van der Waals surface area contributed by atoms with E-state index in [4.69, 9.17) is 9.47 Å². The molecule has 0 aromatic heterocycles. The van der Waals surface area contributed by atoms with Crippen molar-refractivity contribution in [2.24, 2.45) is 0 Å². The fourth-order valence-electron chi connectivity index (χ4n) is 0.989. The molecule has 0 aromatic rings. The monoisotopic (exact) mass is 176 g/mol. The van der Waals surface area contributed by atoms with Crippen LogP contribution in [-0.4, -0.2) is 24.3 Å². The van der Waals surface area contributed by atoms with Crippen molar-refractivity contribution in [3.05, 3.63) is 0 Å². The Kier molecular flexibility index (Phi) is 6.34. The maximum atomic E-state index is 9.70. The van der Waals surface area contributed by atoms with Gasteiger partial charge in [0, 0.05) is 13.0 Å². The normalized spacial score (nSPS) is 16.0. The summed E-state index contributed by atoms with van der Waals surface area (Å²) in [6, 6.07) is 0. The molecule has 0 aliphatic carbocycles. The second kappa shape index (κ2) is 6.40. The van der Waals surface area contributed by atoms with Gasteiger partial charge in [-0.1, -0.05) is 13.8 Å². The van der Waals surface area contributed by atoms with Gasteiger partial charge in [-0.15, -0.1) is 0 Å². The Hall–Kier alpha value is -0.120. The fraction of sp³-hybridized carbons (Fsp3) is 1.00. The topological polar surface area (TPSA) is 38.7 Å². The molecule has 74 valence electrons. The lowest BCUT2D eigenvalue weighted by atomic mass is 10.3. The van der Waals surface area contributed by atoms with Crippen molar-refractivity contribution in [3.63, 3.8) is 0 Å². The first kappa shape index (κ1) is 11.9. The van der Waals surface area contributed by atoms with Crippen LogP contribution in [0.15, 0.2) is 0 Å². The Balaban J connectivity index is 3.80. The van der Waals surface area contributed by atoms with Crippen LogP contribution in [0.4, 0.5) is 0 Å². The van der Waals surface area contributed by atoms with Gasteiger partial charge >= 0.3 is 0 Å². The SMILES string of the molecule is CCCOC(O)(CCC)OCC. The Bertz CT molecular complexity index is 97.9. The average Bonchev–Trinajstić information content (AvgIpc) is 2.02. The van der Waals surface area contributed by atoms with Gasteiger partial charge < -0.3 is 14.6 Å². The summed E-state index contributed by atoms with van der Waals surface area (Å²) in [6.45, 7) is 6.84. The van der Waals surface area contributed by atoms with Gasteiger partial charge in [0.1, 0.15) is 0 Å². The largest absolute Gasteiger partial charge is 0.343 e. The Labute approximate surface area is 74.7 Å². The molecular weight excluding hydrogens is 156 g/mol. The van der Waals surface area contributed by atoms with E-state index < -0.39 is 5.97 Å². The van der Waals surface area contributed by atoms with Gasteiger partial charge in [0.15, 0.2) is 0 Å². The van der Waals surface area contributed by atoms with Crippen LogP contribution in [-0.2, 0) is 9.47 Å². The van der Waals surface area contributed by atoms with E-state index in [1.54, 1.807) is 0 Å². The molecule has 0 spiro atoms. The quantitative estimate of drug-likeness (QED) is 0.602. The maximum absolute atomic E-state index is 9.70. The number of hydrogen-bond donors (Lipinski definition) is 1. The van der Waals surface area contributed by atoms with Crippen molar-refractivity contribution < 1.29 is 14.6 Å². The molecule has 3 nitrogen and oxygen atoms in total. The second-order valence-corrected chi connectivity index (χ2v) is 2.74. The summed E-state index contributed by atoms with van der Waals surface area (Å²) in [6.07, 6.45) is 2.26. The van der Waals surface area contributed by atoms with Crippen molar-refractivity contribution in [3.8, 4) is 0 Å². The molecule has 0 aliphatic heterocycles. The molecule has 0 fully saturated rings. The summed E-state index contributed by atoms with van der Waals surface area (Å²) < 4.78 is 10.3. The van der Waals surface area contributed by atoms with E-state index in [0.717, 1.165) is 12.8 Å². The summed E-state index contributed by atoms with van der Waals surface area (Å²) in [5.74, 6) is -1.35. The van der Waals surface area contributed by atoms with Crippen LogP contribution >= 0.6 is 0 Å². The van der Waals surface area contributed by atoms with Crippen molar-refractivity contribution in [1.82, 2.24) is 0 Å². The van der Waals surface area contributed by atoms with Gasteiger partial charge in [-0.2, -0.15) is 0 Å². The third kappa shape index (κ3) is 4.70. The smallest absolute Gasteiger partial charge is 0.280 e. The summed E-state index contributed by atoms with van der Waals surface area (Å²) in [5, 5.41) is 9.70. The van der Waals surface area contributed by atoms with E-state index in [-0.39, 0.29) is 0 Å². The molecule has 3 heteroatoms. The van der Waals surface area contributed by atoms with Crippen molar-refractivity contribution in [2.45, 2.75) is 46.0 Å². The van der Waals surface area contributed by atoms with Crippen LogP contribution in [0.3, 0.4) is 0 Å². The lowest BCUT2D eigenvalue weighted by Crippen LogP contribution is -2.35. The number of hydrogen-bond acceptors (Lipinski definition) is 3. The molecule has 1 unspecified atom stereocenters. The van der Waals surface area contributed by atoms with Gasteiger partial charge in [-0.3, -0.25) is 0 Å². The molecule has 0 radical (unpaired) electrons. The number of ether oxygens (including phenoxy) is 2. The zero-order valence-electron chi connectivity index (χ0n) is 8.30. The molecule has 0 bridgehead atoms. The van der Waals surface area contributed by atoms with Gasteiger partial charge in [-0.05, 0) is 19.8 Å². The van der Waals surface area contributed by atoms with Gasteiger partial charge in [0.2, 0.25) is 0 Å². The first-order valence-corrected chi connectivity index (χ1v) is 4.68. The molecule has 0 aromatic carbocycles. The van der Waals surface area contributed by atoms with Crippen LogP contribution in [0.1, 0.15) is 40.0 Å². The van der Waals surface area contributed by atoms with Crippen molar-refractivity contribution >= 4 is 0 Å². The third-order valence-corrected chi connectivity index (χ3v) is 1.47. The summed E-state index contributed by atoms with van der Waals surface area (Å²) in [4.78, 5) is 0. The van der Waals surface area contributed by atoms with E-state index >= 15 is 0 Å². The van der Waals surface area contributed by atoms with Gasteiger partial charge in [-0.25, -0.2) is 0 Å². The molecule has 12 heavy (non-hydrogen) atoms. The Morgan fingerprint density at radius 1 is 1.08 bits per heavy atom. The highest BCUT2D eigenvalue weighted by molar-refractivity contribution is 4.52. The second-order valence-electron chi connectivity index (χ2n) is 2.74. The van der Waals surface area contributed by atoms with E-state index in [1.807, 2.05) is 20.8 Å². The van der Waals surface area contributed by atoms with Gasteiger partial charge in [0.25, 0.3) is 5.97 Å². The predicted octanol–water partition coefficient (Wildman–Crippen LogP) is 1.90.